The minimum absolute atomic E-state index is 0.0173. The van der Waals surface area contributed by atoms with E-state index in [-0.39, 0.29) is 29.4 Å². The molecule has 0 bridgehead atoms. The van der Waals surface area contributed by atoms with E-state index < -0.39 is 0 Å². The number of amidine groups is 1. The number of nitrogens with one attached hydrogen (secondary N) is 1. The molecule has 16 heavy (non-hydrogen) atoms. The monoisotopic (exact) mass is 226 g/mol. The first-order chi connectivity index (χ1) is 7.27. The molecule has 4 nitrogen and oxygen atoms in total. The van der Waals surface area contributed by atoms with Gasteiger partial charge in [-0.15, -0.1) is 0 Å². The second-order valence-electron chi connectivity index (χ2n) is 5.67. The van der Waals surface area contributed by atoms with Crippen LogP contribution >= 0.6 is 0 Å². The van der Waals surface area contributed by atoms with Gasteiger partial charge < -0.3 is 10.1 Å². The quantitative estimate of drug-likeness (QED) is 0.794. The first-order valence-corrected chi connectivity index (χ1v) is 5.68. The summed E-state index contributed by atoms with van der Waals surface area (Å²) in [4.78, 5) is 16.1. The molecule has 0 saturated carbocycles. The first kappa shape index (κ1) is 13.2. The number of rotatable bonds is 3. The van der Waals surface area contributed by atoms with E-state index in [0.717, 1.165) is 0 Å². The van der Waals surface area contributed by atoms with Crippen LogP contribution in [0.3, 0.4) is 0 Å². The van der Waals surface area contributed by atoms with Crippen LogP contribution in [-0.4, -0.2) is 31.0 Å². The number of hydrogen-bond donors (Lipinski definition) is 1. The Kier molecular flexibility index (Phi) is 3.73. The Bertz CT molecular complexity index is 303. The Labute approximate surface area is 97.5 Å². The van der Waals surface area contributed by atoms with Crippen molar-refractivity contribution in [1.82, 2.24) is 5.32 Å². The van der Waals surface area contributed by atoms with Crippen molar-refractivity contribution in [1.29, 1.82) is 0 Å². The van der Waals surface area contributed by atoms with Crippen LogP contribution in [0.15, 0.2) is 4.99 Å². The summed E-state index contributed by atoms with van der Waals surface area (Å²) in [6.45, 7) is 10.2. The number of carbonyl (C=O) groups is 1. The number of hydrogen-bond acceptors (Lipinski definition) is 3. The normalized spacial score (nSPS) is 23.3. The molecule has 0 aromatic rings. The Morgan fingerprint density at radius 3 is 2.25 bits per heavy atom. The molecule has 0 spiro atoms. The van der Waals surface area contributed by atoms with Crippen LogP contribution in [0.5, 0.6) is 0 Å². The molecule has 1 aliphatic rings. The van der Waals surface area contributed by atoms with E-state index in [1.165, 1.54) is 0 Å². The van der Waals surface area contributed by atoms with Crippen LogP contribution in [0, 0.1) is 11.3 Å². The summed E-state index contributed by atoms with van der Waals surface area (Å²) in [5, 5.41) is 2.83. The summed E-state index contributed by atoms with van der Waals surface area (Å²) >= 11 is 0. The lowest BCUT2D eigenvalue weighted by molar-refractivity contribution is -0.120. The fraction of sp³-hybridized carbons (Fsp3) is 0.833. The van der Waals surface area contributed by atoms with Crippen molar-refractivity contribution >= 4 is 11.7 Å². The number of carbonyl (C=O) groups excluding carboxylic acids is 1. The number of nitrogens with zero attached hydrogens (tertiary/aromatic N) is 1. The lowest BCUT2D eigenvalue weighted by Gasteiger charge is -2.28. The van der Waals surface area contributed by atoms with Gasteiger partial charge in [-0.25, -0.2) is 0 Å². The van der Waals surface area contributed by atoms with Crippen molar-refractivity contribution < 1.29 is 9.53 Å². The van der Waals surface area contributed by atoms with Gasteiger partial charge in [0.2, 0.25) is 5.91 Å². The van der Waals surface area contributed by atoms with E-state index in [2.05, 4.69) is 31.1 Å². The van der Waals surface area contributed by atoms with Crippen LogP contribution in [0.25, 0.3) is 0 Å². The number of methoxy groups -OCH3 is 1. The van der Waals surface area contributed by atoms with Crippen molar-refractivity contribution in [2.75, 3.05) is 7.11 Å². The van der Waals surface area contributed by atoms with E-state index >= 15 is 0 Å². The molecule has 1 rings (SSSR count). The average Bonchev–Trinajstić information content (AvgIpc) is 2.45. The van der Waals surface area contributed by atoms with Crippen LogP contribution < -0.4 is 5.32 Å². The fourth-order valence-corrected chi connectivity index (χ4v) is 1.90. The van der Waals surface area contributed by atoms with Crippen molar-refractivity contribution in [3.05, 3.63) is 0 Å². The topological polar surface area (TPSA) is 50.7 Å². The molecule has 0 aromatic carbocycles. The Morgan fingerprint density at radius 1 is 1.38 bits per heavy atom. The molecule has 0 fully saturated rings. The number of ether oxygens (including phenoxy) is 1. The fourth-order valence-electron chi connectivity index (χ4n) is 1.90. The molecule has 1 aliphatic heterocycles. The zero-order chi connectivity index (χ0) is 12.5. The van der Waals surface area contributed by atoms with E-state index in [1.807, 2.05) is 13.8 Å². The standard InChI is InChI=1S/C12H22N2O2/c1-7(2)8-11(15)14-10(13-8)9(16-6)12(3,4)5/h7-9H,1-6H3,(H,13,14,15). The average molecular weight is 226 g/mol. The summed E-state index contributed by atoms with van der Waals surface area (Å²) in [5.74, 6) is 0.866. The lowest BCUT2D eigenvalue weighted by atomic mass is 9.88. The molecule has 2 atom stereocenters. The molecule has 2 unspecified atom stereocenters. The highest BCUT2D eigenvalue weighted by Gasteiger charge is 2.37. The third kappa shape index (κ3) is 2.61. The highest BCUT2D eigenvalue weighted by Crippen LogP contribution is 2.25. The first-order valence-electron chi connectivity index (χ1n) is 5.68. The minimum Gasteiger partial charge on any atom is -0.373 e. The van der Waals surface area contributed by atoms with Gasteiger partial charge in [-0.3, -0.25) is 9.79 Å². The molecule has 0 saturated heterocycles. The zero-order valence-corrected chi connectivity index (χ0v) is 11.0. The van der Waals surface area contributed by atoms with Gasteiger partial charge in [-0.2, -0.15) is 0 Å². The molecule has 0 radical (unpaired) electrons. The van der Waals surface area contributed by atoms with E-state index in [9.17, 15) is 4.79 Å². The van der Waals surface area contributed by atoms with Gasteiger partial charge in [0.25, 0.3) is 0 Å². The van der Waals surface area contributed by atoms with Gasteiger partial charge in [0.05, 0.1) is 0 Å². The zero-order valence-electron chi connectivity index (χ0n) is 11.0. The third-order valence-corrected chi connectivity index (χ3v) is 2.70. The second kappa shape index (κ2) is 4.53. The Hall–Kier alpha value is -0.900. The minimum atomic E-state index is -0.269. The molecular formula is C12H22N2O2. The predicted octanol–water partition coefficient (Wildman–Crippen LogP) is 1.60. The summed E-state index contributed by atoms with van der Waals surface area (Å²) in [7, 11) is 1.65. The summed E-state index contributed by atoms with van der Waals surface area (Å²) in [5.41, 5.74) is -0.0767. The van der Waals surface area contributed by atoms with Crippen LogP contribution in [-0.2, 0) is 9.53 Å². The molecule has 1 amide bonds. The lowest BCUT2D eigenvalue weighted by Crippen LogP contribution is -2.43. The molecule has 1 N–H and O–H groups in total. The molecule has 1 heterocycles. The highest BCUT2D eigenvalue weighted by atomic mass is 16.5. The number of aliphatic imine (C=N–C) groups is 1. The molecule has 92 valence electrons. The SMILES string of the molecule is COC(C1=NC(C(C)C)C(=O)N1)C(C)(C)C. The Morgan fingerprint density at radius 2 is 1.94 bits per heavy atom. The second-order valence-corrected chi connectivity index (χ2v) is 5.67. The van der Waals surface area contributed by atoms with Crippen molar-refractivity contribution in [3.8, 4) is 0 Å². The maximum atomic E-state index is 11.7. The summed E-state index contributed by atoms with van der Waals surface area (Å²) in [6.07, 6.45) is -0.166. The van der Waals surface area contributed by atoms with E-state index in [0.29, 0.717) is 5.84 Å². The molecule has 0 aromatic heterocycles. The van der Waals surface area contributed by atoms with Gasteiger partial charge in [-0.05, 0) is 11.3 Å². The Balaban J connectivity index is 2.90. The maximum absolute atomic E-state index is 11.7. The molecule has 0 aliphatic carbocycles. The van der Waals surface area contributed by atoms with E-state index in [4.69, 9.17) is 4.74 Å². The van der Waals surface area contributed by atoms with Crippen molar-refractivity contribution in [2.24, 2.45) is 16.3 Å². The van der Waals surface area contributed by atoms with Gasteiger partial charge >= 0.3 is 0 Å². The largest absolute Gasteiger partial charge is 0.373 e. The van der Waals surface area contributed by atoms with Crippen molar-refractivity contribution in [3.63, 3.8) is 0 Å². The van der Waals surface area contributed by atoms with Gasteiger partial charge in [0, 0.05) is 7.11 Å². The smallest absolute Gasteiger partial charge is 0.250 e. The molecular weight excluding hydrogens is 204 g/mol. The van der Waals surface area contributed by atoms with Gasteiger partial charge in [0.1, 0.15) is 18.0 Å². The van der Waals surface area contributed by atoms with E-state index in [1.54, 1.807) is 7.11 Å². The maximum Gasteiger partial charge on any atom is 0.250 e. The summed E-state index contributed by atoms with van der Waals surface area (Å²) in [6, 6.07) is -0.269. The summed E-state index contributed by atoms with van der Waals surface area (Å²) < 4.78 is 5.43. The van der Waals surface area contributed by atoms with Crippen LogP contribution in [0.2, 0.25) is 0 Å². The third-order valence-electron chi connectivity index (χ3n) is 2.70. The van der Waals surface area contributed by atoms with Crippen LogP contribution in [0.1, 0.15) is 34.6 Å². The van der Waals surface area contributed by atoms with Crippen molar-refractivity contribution in [2.45, 2.75) is 46.8 Å². The molecule has 4 heteroatoms. The van der Waals surface area contributed by atoms with Gasteiger partial charge in [0.15, 0.2) is 0 Å². The van der Waals surface area contributed by atoms with Crippen LogP contribution in [0.4, 0.5) is 0 Å². The van der Waals surface area contributed by atoms with Gasteiger partial charge in [-0.1, -0.05) is 34.6 Å². The predicted molar refractivity (Wildman–Crippen MR) is 64.5 cm³/mol. The number of amides is 1. The highest BCUT2D eigenvalue weighted by molar-refractivity contribution is 6.08.